The quantitative estimate of drug-likeness (QED) is 0.780. The van der Waals surface area contributed by atoms with Crippen LogP contribution in [0.4, 0.5) is 4.39 Å². The van der Waals surface area contributed by atoms with E-state index >= 15 is 0 Å². The minimum atomic E-state index is -0.188. The van der Waals surface area contributed by atoms with Gasteiger partial charge in [-0.15, -0.1) is 0 Å². The molecule has 0 amide bonds. The van der Waals surface area contributed by atoms with Gasteiger partial charge in [-0.05, 0) is 31.0 Å². The fourth-order valence-corrected chi connectivity index (χ4v) is 2.52. The van der Waals surface area contributed by atoms with Crippen LogP contribution in [0, 0.1) is 11.7 Å². The lowest BCUT2D eigenvalue weighted by atomic mass is 10.1. The second-order valence-corrected chi connectivity index (χ2v) is 4.91. The maximum absolute atomic E-state index is 13.6. The summed E-state index contributed by atoms with van der Waals surface area (Å²) >= 11 is 6.01. The first-order valence-corrected chi connectivity index (χ1v) is 6.23. The highest BCUT2D eigenvalue weighted by Gasteiger charge is 2.22. The van der Waals surface area contributed by atoms with Gasteiger partial charge in [0, 0.05) is 23.7 Å². The largest absolute Gasteiger partial charge is 0.299 e. The first kappa shape index (κ1) is 11.9. The van der Waals surface area contributed by atoms with Crippen LogP contribution in [-0.2, 0) is 6.54 Å². The minimum Gasteiger partial charge on any atom is -0.299 e. The van der Waals surface area contributed by atoms with Crippen LogP contribution in [0.2, 0.25) is 5.02 Å². The third-order valence-electron chi connectivity index (χ3n) is 3.39. The summed E-state index contributed by atoms with van der Waals surface area (Å²) in [5.74, 6) is 0.581. The average molecular weight is 242 g/mol. The smallest absolute Gasteiger partial charge is 0.129 e. The van der Waals surface area contributed by atoms with Gasteiger partial charge < -0.3 is 0 Å². The highest BCUT2D eigenvalue weighted by molar-refractivity contribution is 6.31. The summed E-state index contributed by atoms with van der Waals surface area (Å²) in [6.45, 7) is 4.98. The van der Waals surface area contributed by atoms with E-state index in [9.17, 15) is 4.39 Å². The predicted molar refractivity (Wildman–Crippen MR) is 65.1 cm³/mol. The Morgan fingerprint density at radius 3 is 2.94 bits per heavy atom. The molecule has 1 aromatic carbocycles. The molecule has 0 N–H and O–H groups in total. The molecule has 16 heavy (non-hydrogen) atoms. The Balaban J connectivity index is 2.04. The first-order valence-electron chi connectivity index (χ1n) is 5.86. The Labute approximate surface area is 101 Å². The summed E-state index contributed by atoms with van der Waals surface area (Å²) in [6, 6.07) is 4.89. The number of likely N-dealkylation sites (tertiary alicyclic amines) is 1. The molecule has 1 aromatic rings. The van der Waals surface area contributed by atoms with Crippen molar-refractivity contribution in [3.8, 4) is 0 Å². The molecule has 0 aromatic heterocycles. The molecular weight excluding hydrogens is 225 g/mol. The normalized spacial score (nSPS) is 21.6. The Bertz CT molecular complexity index is 347. The Morgan fingerprint density at radius 2 is 2.31 bits per heavy atom. The molecule has 1 atom stereocenters. The van der Waals surface area contributed by atoms with Crippen molar-refractivity contribution in [2.45, 2.75) is 26.3 Å². The monoisotopic (exact) mass is 241 g/mol. The molecule has 0 saturated carbocycles. The van der Waals surface area contributed by atoms with Crippen molar-refractivity contribution >= 4 is 11.6 Å². The lowest BCUT2D eigenvalue weighted by molar-refractivity contribution is 0.310. The summed E-state index contributed by atoms with van der Waals surface area (Å²) in [6.07, 6.45) is 2.43. The van der Waals surface area contributed by atoms with E-state index in [0.717, 1.165) is 19.0 Å². The van der Waals surface area contributed by atoms with Crippen molar-refractivity contribution in [3.63, 3.8) is 0 Å². The van der Waals surface area contributed by atoms with Gasteiger partial charge in [-0.2, -0.15) is 0 Å². The number of hydrogen-bond donors (Lipinski definition) is 0. The molecule has 88 valence electrons. The van der Waals surface area contributed by atoms with Gasteiger partial charge in [0.05, 0.1) is 0 Å². The zero-order chi connectivity index (χ0) is 11.5. The maximum Gasteiger partial charge on any atom is 0.129 e. The van der Waals surface area contributed by atoms with E-state index < -0.39 is 0 Å². The van der Waals surface area contributed by atoms with Gasteiger partial charge in [0.25, 0.3) is 0 Å². The van der Waals surface area contributed by atoms with Crippen molar-refractivity contribution in [2.24, 2.45) is 5.92 Å². The molecular formula is C13H17ClFN. The third kappa shape index (κ3) is 2.55. The van der Waals surface area contributed by atoms with Crippen LogP contribution in [0.3, 0.4) is 0 Å². The highest BCUT2D eigenvalue weighted by atomic mass is 35.5. The average Bonchev–Trinajstić information content (AvgIpc) is 2.71. The van der Waals surface area contributed by atoms with Crippen molar-refractivity contribution < 1.29 is 4.39 Å². The van der Waals surface area contributed by atoms with E-state index in [4.69, 9.17) is 11.6 Å². The molecule has 0 radical (unpaired) electrons. The van der Waals surface area contributed by atoms with Crippen LogP contribution >= 0.6 is 11.6 Å². The van der Waals surface area contributed by atoms with E-state index in [-0.39, 0.29) is 5.82 Å². The Morgan fingerprint density at radius 1 is 1.50 bits per heavy atom. The summed E-state index contributed by atoms with van der Waals surface area (Å²) < 4.78 is 13.6. The summed E-state index contributed by atoms with van der Waals surface area (Å²) in [5, 5.41) is 0.542. The van der Waals surface area contributed by atoms with Gasteiger partial charge >= 0.3 is 0 Å². The number of benzene rings is 1. The maximum atomic E-state index is 13.6. The molecule has 1 unspecified atom stereocenters. The predicted octanol–water partition coefficient (Wildman–Crippen LogP) is 3.71. The molecule has 0 spiro atoms. The second-order valence-electron chi connectivity index (χ2n) is 4.50. The molecule has 1 fully saturated rings. The summed E-state index contributed by atoms with van der Waals surface area (Å²) in [7, 11) is 0. The van der Waals surface area contributed by atoms with Crippen LogP contribution < -0.4 is 0 Å². The van der Waals surface area contributed by atoms with Crippen LogP contribution in [0.1, 0.15) is 25.3 Å². The molecule has 1 aliphatic rings. The van der Waals surface area contributed by atoms with Crippen molar-refractivity contribution in [2.75, 3.05) is 13.1 Å². The van der Waals surface area contributed by atoms with Crippen LogP contribution in [0.15, 0.2) is 18.2 Å². The Kier molecular flexibility index (Phi) is 3.82. The van der Waals surface area contributed by atoms with Gasteiger partial charge in [0.1, 0.15) is 5.82 Å². The van der Waals surface area contributed by atoms with Gasteiger partial charge in [-0.1, -0.05) is 31.0 Å². The van der Waals surface area contributed by atoms with Gasteiger partial charge in [0.15, 0.2) is 0 Å². The third-order valence-corrected chi connectivity index (χ3v) is 3.74. The van der Waals surface area contributed by atoms with E-state index in [2.05, 4.69) is 11.8 Å². The molecule has 0 aliphatic carbocycles. The number of rotatable bonds is 3. The molecule has 1 aliphatic heterocycles. The van der Waals surface area contributed by atoms with Gasteiger partial charge in [0.2, 0.25) is 0 Å². The van der Waals surface area contributed by atoms with Crippen LogP contribution in [0.5, 0.6) is 0 Å². The lowest BCUT2D eigenvalue weighted by Crippen LogP contribution is -2.20. The molecule has 1 saturated heterocycles. The van der Waals surface area contributed by atoms with E-state index in [1.54, 1.807) is 12.1 Å². The fraction of sp³-hybridized carbons (Fsp3) is 0.538. The molecule has 1 nitrogen and oxygen atoms in total. The van der Waals surface area contributed by atoms with Crippen molar-refractivity contribution in [1.82, 2.24) is 4.90 Å². The zero-order valence-electron chi connectivity index (χ0n) is 9.55. The van der Waals surface area contributed by atoms with E-state index in [1.807, 2.05) is 0 Å². The summed E-state index contributed by atoms with van der Waals surface area (Å²) in [5.41, 5.74) is 0.640. The number of hydrogen-bond acceptors (Lipinski definition) is 1. The minimum absolute atomic E-state index is 0.188. The highest BCUT2D eigenvalue weighted by Crippen LogP contribution is 2.25. The first-order chi connectivity index (χ1) is 7.70. The van der Waals surface area contributed by atoms with Crippen molar-refractivity contribution in [3.05, 3.63) is 34.6 Å². The lowest BCUT2D eigenvalue weighted by Gasteiger charge is -2.17. The van der Waals surface area contributed by atoms with Crippen LogP contribution in [-0.4, -0.2) is 18.0 Å². The molecule has 1 heterocycles. The number of halogens is 2. The van der Waals surface area contributed by atoms with Crippen LogP contribution in [0.25, 0.3) is 0 Å². The SMILES string of the molecule is CCC1CCN(Cc2c(F)cccc2Cl)C1. The molecule has 3 heteroatoms. The molecule has 2 rings (SSSR count). The molecule has 0 bridgehead atoms. The van der Waals surface area contributed by atoms with E-state index in [1.165, 1.54) is 18.9 Å². The standard InChI is InChI=1S/C13H17ClFN/c1-2-10-6-7-16(8-10)9-11-12(14)4-3-5-13(11)15/h3-5,10H,2,6-9H2,1H3. The Hall–Kier alpha value is -0.600. The second kappa shape index (κ2) is 5.15. The topological polar surface area (TPSA) is 3.24 Å². The number of nitrogens with zero attached hydrogens (tertiary/aromatic N) is 1. The van der Waals surface area contributed by atoms with Gasteiger partial charge in [-0.3, -0.25) is 4.90 Å². The van der Waals surface area contributed by atoms with E-state index in [0.29, 0.717) is 17.1 Å². The zero-order valence-corrected chi connectivity index (χ0v) is 10.3. The fourth-order valence-electron chi connectivity index (χ4n) is 2.30. The van der Waals surface area contributed by atoms with Crippen molar-refractivity contribution in [1.29, 1.82) is 0 Å². The summed E-state index contributed by atoms with van der Waals surface area (Å²) in [4.78, 5) is 2.29. The van der Waals surface area contributed by atoms with Gasteiger partial charge in [-0.25, -0.2) is 4.39 Å².